The summed E-state index contributed by atoms with van der Waals surface area (Å²) in [6, 6.07) is 14.7. The average Bonchev–Trinajstić information content (AvgIpc) is 2.61. The number of benzene rings is 2. The van der Waals surface area contributed by atoms with Crippen molar-refractivity contribution in [2.45, 2.75) is 32.6 Å². The van der Waals surface area contributed by atoms with E-state index in [1.54, 1.807) is 36.9 Å². The molecule has 1 amide bonds. The van der Waals surface area contributed by atoms with Gasteiger partial charge in [-0.05, 0) is 44.0 Å². The molecule has 0 aromatic heterocycles. The first-order valence-corrected chi connectivity index (χ1v) is 12.2. The number of nitrogens with zero attached hydrogens (tertiary/aromatic N) is 1. The second-order valence-corrected chi connectivity index (χ2v) is 9.87. The third kappa shape index (κ3) is 6.56. The number of sulfonamides is 1. The summed E-state index contributed by atoms with van der Waals surface area (Å²) in [4.78, 5) is 12.5. The number of aryl methyl sites for hydroxylation is 2. The van der Waals surface area contributed by atoms with E-state index >= 15 is 0 Å². The number of hydrogen-bond donors (Lipinski definition) is 1. The molecule has 7 heteroatoms. The fraction of sp³-hybridized carbons (Fsp3) is 0.381. The predicted molar refractivity (Wildman–Crippen MR) is 118 cm³/mol. The Morgan fingerprint density at radius 1 is 1.11 bits per heavy atom. The molecule has 0 radical (unpaired) electrons. The smallest absolute Gasteiger partial charge is 0.243 e. The van der Waals surface area contributed by atoms with E-state index in [4.69, 9.17) is 0 Å². The number of amides is 1. The summed E-state index contributed by atoms with van der Waals surface area (Å²) in [5.41, 5.74) is 3.92. The van der Waals surface area contributed by atoms with Crippen LogP contribution >= 0.6 is 11.8 Å². The van der Waals surface area contributed by atoms with Crippen molar-refractivity contribution in [1.82, 2.24) is 5.32 Å². The maximum Gasteiger partial charge on any atom is 0.243 e. The van der Waals surface area contributed by atoms with Gasteiger partial charge in [-0.2, -0.15) is 11.8 Å². The zero-order valence-electron chi connectivity index (χ0n) is 16.8. The summed E-state index contributed by atoms with van der Waals surface area (Å²) >= 11 is 1.73. The van der Waals surface area contributed by atoms with E-state index in [0.717, 1.165) is 23.3 Å². The summed E-state index contributed by atoms with van der Waals surface area (Å²) in [6.45, 7) is 6.05. The van der Waals surface area contributed by atoms with Crippen LogP contribution in [0.25, 0.3) is 0 Å². The molecule has 28 heavy (non-hydrogen) atoms. The van der Waals surface area contributed by atoms with Crippen LogP contribution in [0.2, 0.25) is 0 Å². The number of thioether (sulfide) groups is 1. The number of carbonyl (C=O) groups excluding carboxylic acids is 1. The van der Waals surface area contributed by atoms with Crippen LogP contribution in [0.15, 0.2) is 48.5 Å². The number of anilines is 1. The molecule has 2 aromatic carbocycles. The van der Waals surface area contributed by atoms with E-state index in [-0.39, 0.29) is 5.91 Å². The molecular weight excluding hydrogens is 392 g/mol. The van der Waals surface area contributed by atoms with E-state index in [1.807, 2.05) is 13.0 Å². The Morgan fingerprint density at radius 3 is 2.39 bits per heavy atom. The molecular formula is C21H28N2O3S2. The minimum absolute atomic E-state index is 0.303. The van der Waals surface area contributed by atoms with Crippen molar-refractivity contribution in [3.05, 3.63) is 65.2 Å². The van der Waals surface area contributed by atoms with E-state index in [2.05, 4.69) is 36.5 Å². The fourth-order valence-corrected chi connectivity index (χ4v) is 4.83. The zero-order chi connectivity index (χ0) is 20.7. The van der Waals surface area contributed by atoms with E-state index in [0.29, 0.717) is 12.2 Å². The number of carbonyl (C=O) groups is 1. The van der Waals surface area contributed by atoms with Crippen LogP contribution in [-0.2, 0) is 20.6 Å². The largest absolute Gasteiger partial charge is 0.353 e. The van der Waals surface area contributed by atoms with Crippen molar-refractivity contribution in [2.75, 3.05) is 22.9 Å². The molecule has 0 saturated carbocycles. The van der Waals surface area contributed by atoms with Crippen molar-refractivity contribution in [3.8, 4) is 0 Å². The molecule has 0 heterocycles. The molecule has 0 aliphatic heterocycles. The van der Waals surface area contributed by atoms with Crippen molar-refractivity contribution < 1.29 is 13.2 Å². The second kappa shape index (κ2) is 9.98. The molecule has 1 N–H and O–H groups in total. The predicted octanol–water partition coefficient (Wildman–Crippen LogP) is 3.51. The second-order valence-electron chi connectivity index (χ2n) is 6.90. The average molecular weight is 421 g/mol. The quantitative estimate of drug-likeness (QED) is 0.631. The summed E-state index contributed by atoms with van der Waals surface area (Å²) in [5, 5.41) is 2.85. The summed E-state index contributed by atoms with van der Waals surface area (Å²) in [5.74, 6) is 1.34. The molecule has 5 nitrogen and oxygen atoms in total. The van der Waals surface area contributed by atoms with Crippen molar-refractivity contribution in [2.24, 2.45) is 0 Å². The third-order valence-corrected chi connectivity index (χ3v) is 6.55. The molecule has 1 atom stereocenters. The van der Waals surface area contributed by atoms with E-state index in [1.165, 1.54) is 15.4 Å². The molecule has 0 aliphatic carbocycles. The maximum atomic E-state index is 12.5. The van der Waals surface area contributed by atoms with Gasteiger partial charge in [0.05, 0.1) is 11.9 Å². The first-order chi connectivity index (χ1) is 13.2. The lowest BCUT2D eigenvalue weighted by Crippen LogP contribution is -2.48. The lowest BCUT2D eigenvalue weighted by Gasteiger charge is -2.28. The lowest BCUT2D eigenvalue weighted by atomic mass is 10.2. The first kappa shape index (κ1) is 22.3. The Balaban J connectivity index is 1.89. The van der Waals surface area contributed by atoms with Crippen LogP contribution in [0.3, 0.4) is 0 Å². The van der Waals surface area contributed by atoms with Gasteiger partial charge in [-0.25, -0.2) is 8.42 Å². The van der Waals surface area contributed by atoms with Gasteiger partial charge in [-0.15, -0.1) is 0 Å². The Bertz CT molecular complexity index is 896. The lowest BCUT2D eigenvalue weighted by molar-refractivity contribution is -0.121. The highest BCUT2D eigenvalue weighted by Gasteiger charge is 2.28. The van der Waals surface area contributed by atoms with Gasteiger partial charge in [-0.1, -0.05) is 42.0 Å². The molecule has 0 aliphatic rings. The van der Waals surface area contributed by atoms with Crippen molar-refractivity contribution in [1.29, 1.82) is 0 Å². The van der Waals surface area contributed by atoms with Gasteiger partial charge in [0.1, 0.15) is 6.04 Å². The summed E-state index contributed by atoms with van der Waals surface area (Å²) in [6.07, 6.45) is 1.12. The Kier molecular flexibility index (Phi) is 7.95. The number of rotatable bonds is 9. The molecule has 152 valence electrons. The maximum absolute atomic E-state index is 12.5. The minimum atomic E-state index is -3.59. The monoisotopic (exact) mass is 420 g/mol. The SMILES string of the molecule is Cc1ccc(CSCCNC(=O)[C@@H](C)N(c2cccc(C)c2)S(C)(=O)=O)cc1. The van der Waals surface area contributed by atoms with Crippen LogP contribution in [0.5, 0.6) is 0 Å². The van der Waals surface area contributed by atoms with Gasteiger partial charge in [0.2, 0.25) is 15.9 Å². The minimum Gasteiger partial charge on any atom is -0.353 e. The van der Waals surface area contributed by atoms with E-state index in [9.17, 15) is 13.2 Å². The summed E-state index contributed by atoms with van der Waals surface area (Å²) in [7, 11) is -3.59. The molecule has 2 aromatic rings. The Hall–Kier alpha value is -1.99. The van der Waals surface area contributed by atoms with Gasteiger partial charge in [0.25, 0.3) is 0 Å². The van der Waals surface area contributed by atoms with Crippen molar-refractivity contribution in [3.63, 3.8) is 0 Å². The fourth-order valence-electron chi connectivity index (χ4n) is 2.84. The van der Waals surface area contributed by atoms with E-state index < -0.39 is 16.1 Å². The van der Waals surface area contributed by atoms with Gasteiger partial charge in [0.15, 0.2) is 0 Å². The highest BCUT2D eigenvalue weighted by atomic mass is 32.2. The van der Waals surface area contributed by atoms with Crippen LogP contribution in [-0.4, -0.2) is 38.9 Å². The molecule has 2 rings (SSSR count). The first-order valence-electron chi connectivity index (χ1n) is 9.15. The summed E-state index contributed by atoms with van der Waals surface area (Å²) < 4.78 is 25.8. The molecule has 0 fully saturated rings. The Morgan fingerprint density at radius 2 is 1.79 bits per heavy atom. The Labute approximate surface area is 172 Å². The molecule has 0 spiro atoms. The molecule has 0 unspecified atom stereocenters. The van der Waals surface area contributed by atoms with Gasteiger partial charge in [-0.3, -0.25) is 9.10 Å². The third-order valence-electron chi connectivity index (χ3n) is 4.28. The van der Waals surface area contributed by atoms with Crippen molar-refractivity contribution >= 4 is 33.4 Å². The topological polar surface area (TPSA) is 66.5 Å². The zero-order valence-corrected chi connectivity index (χ0v) is 18.4. The highest BCUT2D eigenvalue weighted by molar-refractivity contribution is 7.98. The van der Waals surface area contributed by atoms with Crippen LogP contribution in [0.1, 0.15) is 23.6 Å². The highest BCUT2D eigenvalue weighted by Crippen LogP contribution is 2.22. The van der Waals surface area contributed by atoms with Crippen LogP contribution < -0.4 is 9.62 Å². The van der Waals surface area contributed by atoms with Gasteiger partial charge < -0.3 is 5.32 Å². The van der Waals surface area contributed by atoms with Gasteiger partial charge >= 0.3 is 0 Å². The molecule has 0 bridgehead atoms. The standard InChI is InChI=1S/C21H28N2O3S2/c1-16-8-10-19(11-9-16)15-27-13-12-22-21(24)18(3)23(28(4,25)26)20-7-5-6-17(2)14-20/h5-11,14,18H,12-13,15H2,1-4H3,(H,22,24)/t18-/m1/s1. The van der Waals surface area contributed by atoms with Gasteiger partial charge in [0, 0.05) is 18.1 Å². The number of hydrogen-bond acceptors (Lipinski definition) is 4. The number of nitrogens with one attached hydrogen (secondary N) is 1. The molecule has 0 saturated heterocycles. The normalized spacial score (nSPS) is 12.4. The van der Waals surface area contributed by atoms with Crippen LogP contribution in [0, 0.1) is 13.8 Å². The van der Waals surface area contributed by atoms with Crippen LogP contribution in [0.4, 0.5) is 5.69 Å².